The molecule has 0 spiro atoms. The highest BCUT2D eigenvalue weighted by Gasteiger charge is 2.59. The van der Waals surface area contributed by atoms with E-state index in [2.05, 4.69) is 18.1 Å². The monoisotopic (exact) mass is 502 g/mol. The molecular weight excluding hydrogens is 487 g/mol. The second-order valence-electron chi connectivity index (χ2n) is 5.18. The molecule has 1 aliphatic rings. The zero-order valence-electron chi connectivity index (χ0n) is 12.9. The average molecular weight is 502 g/mol. The molecule has 0 aromatic heterocycles. The van der Waals surface area contributed by atoms with Crippen LogP contribution in [-0.2, 0) is 36.4 Å². The molecule has 0 heterocycles. The van der Waals surface area contributed by atoms with Gasteiger partial charge in [0.05, 0.1) is 0 Å². The fraction of sp³-hybridized carbons (Fsp3) is 1.00. The topological polar surface area (TPSA) is 287 Å². The van der Waals surface area contributed by atoms with Gasteiger partial charge in [-0.1, -0.05) is 0 Å². The Hall–Kier alpha value is 0.330. The van der Waals surface area contributed by atoms with E-state index in [1.54, 1.807) is 0 Å². The molecule has 0 aromatic rings. The second kappa shape index (κ2) is 8.83. The van der Waals surface area contributed by atoms with Crippen molar-refractivity contribution < 1.29 is 85.0 Å². The number of aliphatic hydroxyl groups is 1. The molecule has 1 saturated carbocycles. The molecule has 0 radical (unpaired) electrons. The van der Waals surface area contributed by atoms with Crippen LogP contribution >= 0.6 is 31.3 Å². The van der Waals surface area contributed by atoms with Gasteiger partial charge < -0.3 is 44.3 Å². The maximum absolute atomic E-state index is 14.4. The maximum Gasteiger partial charge on any atom is 0.470 e. The predicted molar refractivity (Wildman–Crippen MR) is 78.6 cm³/mol. The van der Waals surface area contributed by atoms with Crippen LogP contribution in [-0.4, -0.2) is 80.9 Å². The Morgan fingerprint density at radius 3 is 1.11 bits per heavy atom. The molecule has 9 N–H and O–H groups in total. The minimum atomic E-state index is -5.73. The van der Waals surface area contributed by atoms with E-state index >= 15 is 0 Å². The number of alkyl halides is 1. The smallest absolute Gasteiger partial charge is 0.387 e. The molecule has 17 nitrogen and oxygen atoms in total. The van der Waals surface area contributed by atoms with Gasteiger partial charge >= 0.3 is 31.3 Å². The van der Waals surface area contributed by atoms with E-state index in [0.717, 1.165) is 0 Å². The Kier molecular flexibility index (Phi) is 8.31. The van der Waals surface area contributed by atoms with Gasteiger partial charge in [-0.05, 0) is 0 Å². The molecule has 1 fully saturated rings. The molecule has 1 aliphatic carbocycles. The summed E-state index contributed by atoms with van der Waals surface area (Å²) in [4.78, 5) is 70.8. The summed E-state index contributed by atoms with van der Waals surface area (Å²) in [6, 6.07) is 0. The molecule has 0 bridgehead atoms. The van der Waals surface area contributed by atoms with Gasteiger partial charge in [0.1, 0.15) is 30.5 Å². The van der Waals surface area contributed by atoms with Gasteiger partial charge in [-0.25, -0.2) is 22.7 Å². The van der Waals surface area contributed by atoms with E-state index in [0.29, 0.717) is 0 Å². The van der Waals surface area contributed by atoms with Crippen molar-refractivity contribution in [1.29, 1.82) is 0 Å². The van der Waals surface area contributed by atoms with E-state index in [4.69, 9.17) is 39.1 Å². The normalized spacial score (nSPS) is 33.1. The van der Waals surface area contributed by atoms with Gasteiger partial charge in [0, 0.05) is 0 Å². The van der Waals surface area contributed by atoms with Gasteiger partial charge in [0.15, 0.2) is 6.17 Å². The Labute approximate surface area is 154 Å². The first-order valence-electron chi connectivity index (χ1n) is 6.48. The zero-order chi connectivity index (χ0) is 22.3. The Balaban J connectivity index is 3.53. The molecule has 0 unspecified atom stereocenters. The van der Waals surface area contributed by atoms with Crippen molar-refractivity contribution in [3.63, 3.8) is 0 Å². The lowest BCUT2D eigenvalue weighted by molar-refractivity contribution is -0.192. The molecule has 1 rings (SSSR count). The highest BCUT2D eigenvalue weighted by molar-refractivity contribution is 7.47. The van der Waals surface area contributed by atoms with Crippen LogP contribution in [0.3, 0.4) is 0 Å². The lowest BCUT2D eigenvalue weighted by Crippen LogP contribution is -2.64. The first-order valence-corrected chi connectivity index (χ1v) is 12.6. The summed E-state index contributed by atoms with van der Waals surface area (Å²) in [7, 11) is -22.8. The van der Waals surface area contributed by atoms with Crippen LogP contribution in [0.4, 0.5) is 4.39 Å². The Morgan fingerprint density at radius 1 is 0.536 bits per heavy atom. The Morgan fingerprint density at radius 2 is 0.786 bits per heavy atom. The van der Waals surface area contributed by atoms with Crippen molar-refractivity contribution in [1.82, 2.24) is 0 Å². The summed E-state index contributed by atoms with van der Waals surface area (Å²) < 4.78 is 74.5. The molecule has 168 valence electrons. The van der Waals surface area contributed by atoms with Gasteiger partial charge in [-0.2, -0.15) is 0 Å². The van der Waals surface area contributed by atoms with Crippen LogP contribution in [0, 0.1) is 0 Å². The van der Waals surface area contributed by atoms with Crippen molar-refractivity contribution in [2.75, 3.05) is 0 Å². The molecule has 6 atom stereocenters. The number of aliphatic hydroxyl groups excluding tert-OH is 1. The van der Waals surface area contributed by atoms with E-state index < -0.39 is 68.0 Å². The van der Waals surface area contributed by atoms with Crippen molar-refractivity contribution in [2.45, 2.75) is 36.7 Å². The van der Waals surface area contributed by atoms with Gasteiger partial charge in [0.2, 0.25) is 0 Å². The average Bonchev–Trinajstić information content (AvgIpc) is 2.39. The number of halogens is 1. The second-order valence-corrected chi connectivity index (χ2v) is 9.95. The summed E-state index contributed by atoms with van der Waals surface area (Å²) in [6.07, 6.45) is -17.1. The number of hydrogen-bond acceptors (Lipinski definition) is 9. The first-order chi connectivity index (χ1) is 12.2. The third-order valence-corrected chi connectivity index (χ3v) is 5.06. The van der Waals surface area contributed by atoms with E-state index in [1.807, 2.05) is 0 Å². The molecule has 0 aliphatic heterocycles. The largest absolute Gasteiger partial charge is 0.470 e. The minimum absolute atomic E-state index is 2.74. The van der Waals surface area contributed by atoms with Crippen LogP contribution in [0.25, 0.3) is 0 Å². The maximum atomic E-state index is 14.4. The molecule has 0 saturated heterocycles. The standard InChI is InChI=1S/C6H15FO17P4/c7-1-2(8)4(22-26(12,13)14)6(24-28(18,19)20)5(23-27(15,16)17)3(1)21-25(9,10)11/h1-6,8H,(H2,9,10,11)(H2,12,13,14)(H2,15,16,17)(H2,18,19,20)/t1-,2+,3+,4+,5-,6-/m0/s1. The van der Waals surface area contributed by atoms with Crippen molar-refractivity contribution in [3.05, 3.63) is 0 Å². The van der Waals surface area contributed by atoms with Crippen LogP contribution < -0.4 is 0 Å². The van der Waals surface area contributed by atoms with Gasteiger partial charge in [-0.3, -0.25) is 18.1 Å². The third-order valence-electron chi connectivity index (χ3n) is 2.98. The number of phosphoric acid groups is 4. The highest BCUT2D eigenvalue weighted by atomic mass is 31.2. The number of phosphoric ester groups is 4. The predicted octanol–water partition coefficient (Wildman–Crippen LogP) is -2.39. The summed E-state index contributed by atoms with van der Waals surface area (Å²) in [5.41, 5.74) is 0. The van der Waals surface area contributed by atoms with E-state index in [1.165, 1.54) is 0 Å². The first kappa shape index (κ1) is 26.4. The lowest BCUT2D eigenvalue weighted by atomic mass is 9.86. The summed E-state index contributed by atoms with van der Waals surface area (Å²) in [6.45, 7) is 0. The van der Waals surface area contributed by atoms with Crippen LogP contribution in [0.1, 0.15) is 0 Å². The van der Waals surface area contributed by atoms with Gasteiger partial charge in [-0.15, -0.1) is 0 Å². The Bertz CT molecular complexity index is 670. The van der Waals surface area contributed by atoms with Crippen LogP contribution in [0.15, 0.2) is 0 Å². The van der Waals surface area contributed by atoms with Crippen molar-refractivity contribution in [2.24, 2.45) is 0 Å². The van der Waals surface area contributed by atoms with E-state index in [-0.39, 0.29) is 0 Å². The molecule has 0 amide bonds. The summed E-state index contributed by atoms with van der Waals surface area (Å²) >= 11 is 0. The fourth-order valence-corrected chi connectivity index (χ4v) is 4.47. The van der Waals surface area contributed by atoms with Crippen LogP contribution in [0.2, 0.25) is 0 Å². The zero-order valence-corrected chi connectivity index (χ0v) is 16.5. The van der Waals surface area contributed by atoms with E-state index in [9.17, 15) is 27.8 Å². The number of rotatable bonds is 8. The molecule has 28 heavy (non-hydrogen) atoms. The fourth-order valence-electron chi connectivity index (χ4n) is 2.24. The van der Waals surface area contributed by atoms with Gasteiger partial charge in [0.25, 0.3) is 0 Å². The number of hydrogen-bond donors (Lipinski definition) is 9. The molecular formula is C6H15FO17P4. The van der Waals surface area contributed by atoms with Crippen molar-refractivity contribution >= 4 is 31.3 Å². The molecule has 0 aromatic carbocycles. The summed E-state index contributed by atoms with van der Waals surface area (Å²) in [5.74, 6) is 0. The lowest BCUT2D eigenvalue weighted by Gasteiger charge is -2.44. The molecule has 22 heteroatoms. The SMILES string of the molecule is O=P(O)(O)O[C@@H]1[C@@H](OP(=O)(O)O)[C@H](OP(=O)(O)O)[C@@H](F)[C@@H](O)[C@H]1OP(=O)(O)O. The van der Waals surface area contributed by atoms with Crippen LogP contribution in [0.5, 0.6) is 0 Å². The third kappa shape index (κ3) is 8.60. The minimum Gasteiger partial charge on any atom is -0.387 e. The van der Waals surface area contributed by atoms with Crippen molar-refractivity contribution in [3.8, 4) is 0 Å². The highest BCUT2D eigenvalue weighted by Crippen LogP contribution is 2.53. The summed E-state index contributed by atoms with van der Waals surface area (Å²) in [5, 5.41) is 9.79. The quantitative estimate of drug-likeness (QED) is 0.156.